The van der Waals surface area contributed by atoms with Crippen LogP contribution in [-0.2, 0) is 20.7 Å². The Hall–Kier alpha value is -3.11. The molecule has 0 fully saturated rings. The maximum absolute atomic E-state index is 12.0. The van der Waals surface area contributed by atoms with E-state index >= 15 is 0 Å². The van der Waals surface area contributed by atoms with E-state index in [1.807, 2.05) is 31.2 Å². The lowest BCUT2D eigenvalue weighted by atomic mass is 10.0. The highest BCUT2D eigenvalue weighted by molar-refractivity contribution is 5.86. The second kappa shape index (κ2) is 11.3. The number of hydrogen-bond acceptors (Lipinski definition) is 4. The van der Waals surface area contributed by atoms with Crippen LogP contribution >= 0.6 is 0 Å². The third-order valence-electron chi connectivity index (χ3n) is 5.11. The first-order chi connectivity index (χ1) is 15.1. The lowest BCUT2D eigenvalue weighted by Crippen LogP contribution is -2.28. The van der Waals surface area contributed by atoms with Crippen molar-refractivity contribution in [3.05, 3.63) is 83.9 Å². The third kappa shape index (κ3) is 6.43. The average Bonchev–Trinajstić information content (AvgIpc) is 2.79. The molecule has 1 unspecified atom stereocenters. The molecule has 1 atom stereocenters. The summed E-state index contributed by atoms with van der Waals surface area (Å²) in [6.07, 6.45) is 1.99. The van der Waals surface area contributed by atoms with E-state index in [1.54, 1.807) is 6.92 Å². The monoisotopic (exact) mass is 418 g/mol. The zero-order valence-electron chi connectivity index (χ0n) is 18.5. The molecule has 0 bridgehead atoms. The summed E-state index contributed by atoms with van der Waals surface area (Å²) in [6.45, 7) is 7.07. The molecule has 0 aliphatic rings. The SMILES string of the molecule is CCOC(=O)C(Cc1ccc(OC/C=C(\C)c2ccc3ccccc3c2)cc1)OCC. The zero-order valence-corrected chi connectivity index (χ0v) is 18.5. The van der Waals surface area contributed by atoms with Crippen LogP contribution in [0.1, 0.15) is 31.9 Å². The van der Waals surface area contributed by atoms with Gasteiger partial charge in [-0.05, 0) is 72.5 Å². The van der Waals surface area contributed by atoms with Crippen LogP contribution < -0.4 is 4.74 Å². The Balaban J connectivity index is 1.57. The van der Waals surface area contributed by atoms with Gasteiger partial charge in [0.05, 0.1) is 6.61 Å². The smallest absolute Gasteiger partial charge is 0.335 e. The van der Waals surface area contributed by atoms with Crippen molar-refractivity contribution in [2.45, 2.75) is 33.3 Å². The molecule has 3 aromatic rings. The highest BCUT2D eigenvalue weighted by Crippen LogP contribution is 2.21. The maximum Gasteiger partial charge on any atom is 0.335 e. The molecule has 162 valence electrons. The fraction of sp³-hybridized carbons (Fsp3) is 0.296. The first-order valence-electron chi connectivity index (χ1n) is 10.8. The molecule has 0 heterocycles. The molecule has 0 saturated carbocycles. The number of hydrogen-bond donors (Lipinski definition) is 0. The van der Waals surface area contributed by atoms with E-state index in [9.17, 15) is 4.79 Å². The molecule has 0 spiro atoms. The number of allylic oxidation sites excluding steroid dienone is 1. The molecule has 31 heavy (non-hydrogen) atoms. The van der Waals surface area contributed by atoms with E-state index in [4.69, 9.17) is 14.2 Å². The van der Waals surface area contributed by atoms with Crippen LogP contribution in [0.15, 0.2) is 72.8 Å². The zero-order chi connectivity index (χ0) is 22.1. The predicted octanol–water partition coefficient (Wildman–Crippen LogP) is 5.83. The quantitative estimate of drug-likeness (QED) is 0.389. The fourth-order valence-corrected chi connectivity index (χ4v) is 3.40. The van der Waals surface area contributed by atoms with Gasteiger partial charge in [0.1, 0.15) is 12.4 Å². The largest absolute Gasteiger partial charge is 0.490 e. The number of benzene rings is 3. The average molecular weight is 419 g/mol. The highest BCUT2D eigenvalue weighted by atomic mass is 16.6. The van der Waals surface area contributed by atoms with Crippen LogP contribution in [0.2, 0.25) is 0 Å². The minimum Gasteiger partial charge on any atom is -0.490 e. The summed E-state index contributed by atoms with van der Waals surface area (Å²) in [7, 11) is 0. The summed E-state index contributed by atoms with van der Waals surface area (Å²) in [5.74, 6) is 0.467. The molecule has 4 nitrogen and oxygen atoms in total. The van der Waals surface area contributed by atoms with Crippen molar-refractivity contribution in [2.75, 3.05) is 19.8 Å². The van der Waals surface area contributed by atoms with Crippen molar-refractivity contribution in [1.29, 1.82) is 0 Å². The number of rotatable bonds is 10. The number of carbonyl (C=O) groups is 1. The van der Waals surface area contributed by atoms with Gasteiger partial charge in [0.2, 0.25) is 0 Å². The van der Waals surface area contributed by atoms with Crippen molar-refractivity contribution in [2.24, 2.45) is 0 Å². The fourth-order valence-electron chi connectivity index (χ4n) is 3.40. The van der Waals surface area contributed by atoms with Crippen LogP contribution in [0.4, 0.5) is 0 Å². The third-order valence-corrected chi connectivity index (χ3v) is 5.11. The van der Waals surface area contributed by atoms with Crippen molar-refractivity contribution in [3.8, 4) is 5.75 Å². The first kappa shape index (κ1) is 22.6. The molecule has 0 N–H and O–H groups in total. The number of carbonyl (C=O) groups excluding carboxylic acids is 1. The van der Waals surface area contributed by atoms with Crippen LogP contribution in [0, 0.1) is 0 Å². The van der Waals surface area contributed by atoms with E-state index in [1.165, 1.54) is 21.9 Å². The second-order valence-electron chi connectivity index (χ2n) is 7.30. The standard InChI is InChI=1S/C27H30O4/c1-4-29-26(27(28)30-5-2)18-21-10-14-25(15-11-21)31-17-16-20(3)23-13-12-22-8-6-7-9-24(22)19-23/h6-16,19,26H,4-5,17-18H2,1-3H3/b20-16+. The van der Waals surface area contributed by atoms with E-state index in [0.717, 1.165) is 11.3 Å². The Kier molecular flexibility index (Phi) is 8.25. The second-order valence-corrected chi connectivity index (χ2v) is 7.30. The lowest BCUT2D eigenvalue weighted by molar-refractivity contribution is -0.156. The van der Waals surface area contributed by atoms with Gasteiger partial charge in [-0.2, -0.15) is 0 Å². The van der Waals surface area contributed by atoms with Gasteiger partial charge in [0.25, 0.3) is 0 Å². The summed E-state index contributed by atoms with van der Waals surface area (Å²) in [5.41, 5.74) is 3.37. The molecule has 0 aliphatic heterocycles. The molecule has 0 amide bonds. The summed E-state index contributed by atoms with van der Waals surface area (Å²) < 4.78 is 16.5. The Morgan fingerprint density at radius 3 is 2.39 bits per heavy atom. The van der Waals surface area contributed by atoms with Crippen molar-refractivity contribution >= 4 is 22.3 Å². The van der Waals surface area contributed by atoms with Gasteiger partial charge in [-0.25, -0.2) is 4.79 Å². The molecule has 0 aromatic heterocycles. The van der Waals surface area contributed by atoms with Gasteiger partial charge in [0, 0.05) is 13.0 Å². The number of esters is 1. The van der Waals surface area contributed by atoms with Crippen LogP contribution in [0.3, 0.4) is 0 Å². The summed E-state index contributed by atoms with van der Waals surface area (Å²) in [5, 5.41) is 2.47. The summed E-state index contributed by atoms with van der Waals surface area (Å²) in [6, 6.07) is 22.6. The van der Waals surface area contributed by atoms with Gasteiger partial charge in [-0.15, -0.1) is 0 Å². The Morgan fingerprint density at radius 1 is 0.935 bits per heavy atom. The van der Waals surface area contributed by atoms with Gasteiger partial charge < -0.3 is 14.2 Å². The number of fused-ring (bicyclic) bond motifs is 1. The van der Waals surface area contributed by atoms with Crippen molar-refractivity contribution in [1.82, 2.24) is 0 Å². The van der Waals surface area contributed by atoms with Crippen LogP contribution in [-0.4, -0.2) is 31.9 Å². The summed E-state index contributed by atoms with van der Waals surface area (Å²) >= 11 is 0. The van der Waals surface area contributed by atoms with E-state index in [0.29, 0.717) is 26.2 Å². The summed E-state index contributed by atoms with van der Waals surface area (Å²) in [4.78, 5) is 12.0. The van der Waals surface area contributed by atoms with Crippen molar-refractivity contribution < 1.29 is 19.0 Å². The Morgan fingerprint density at radius 2 is 1.68 bits per heavy atom. The molecule has 4 heteroatoms. The van der Waals surface area contributed by atoms with Crippen molar-refractivity contribution in [3.63, 3.8) is 0 Å². The lowest BCUT2D eigenvalue weighted by Gasteiger charge is -2.15. The molecule has 3 rings (SSSR count). The van der Waals surface area contributed by atoms with Crippen LogP contribution in [0.25, 0.3) is 16.3 Å². The Bertz CT molecular complexity index is 1020. The van der Waals surface area contributed by atoms with E-state index in [2.05, 4.69) is 55.5 Å². The molecule has 0 radical (unpaired) electrons. The Labute approximate surface area is 184 Å². The van der Waals surface area contributed by atoms with Gasteiger partial charge in [0.15, 0.2) is 6.10 Å². The normalized spacial score (nSPS) is 12.5. The minimum absolute atomic E-state index is 0.320. The van der Waals surface area contributed by atoms with Gasteiger partial charge >= 0.3 is 5.97 Å². The maximum atomic E-state index is 12.0. The molecule has 0 aliphatic carbocycles. The van der Waals surface area contributed by atoms with Crippen LogP contribution in [0.5, 0.6) is 5.75 Å². The van der Waals surface area contributed by atoms with E-state index < -0.39 is 6.10 Å². The minimum atomic E-state index is -0.579. The predicted molar refractivity (Wildman–Crippen MR) is 125 cm³/mol. The highest BCUT2D eigenvalue weighted by Gasteiger charge is 2.20. The first-order valence-corrected chi connectivity index (χ1v) is 10.8. The van der Waals surface area contributed by atoms with Gasteiger partial charge in [-0.1, -0.05) is 48.5 Å². The number of ether oxygens (including phenoxy) is 3. The topological polar surface area (TPSA) is 44.8 Å². The molecular formula is C27H30O4. The van der Waals surface area contributed by atoms with E-state index in [-0.39, 0.29) is 5.97 Å². The molecule has 3 aromatic carbocycles. The molecule has 0 saturated heterocycles. The molecular weight excluding hydrogens is 388 g/mol. The van der Waals surface area contributed by atoms with Gasteiger partial charge in [-0.3, -0.25) is 0 Å².